The molecule has 0 radical (unpaired) electrons. The molecule has 0 saturated heterocycles. The smallest absolute Gasteiger partial charge is 0.127 e. The molecule has 0 aromatic heterocycles. The lowest BCUT2D eigenvalue weighted by Gasteiger charge is -2.17. The fourth-order valence-electron chi connectivity index (χ4n) is 1.62. The Hall–Kier alpha value is -1.26. The number of ether oxygens (including phenoxy) is 2. The van der Waals surface area contributed by atoms with Crippen molar-refractivity contribution in [3.8, 4) is 11.5 Å². The van der Waals surface area contributed by atoms with Gasteiger partial charge in [0, 0.05) is 18.2 Å². The zero-order valence-corrected chi connectivity index (χ0v) is 11.6. The van der Waals surface area contributed by atoms with Gasteiger partial charge in [-0.05, 0) is 32.9 Å². The summed E-state index contributed by atoms with van der Waals surface area (Å²) in [5.41, 5.74) is 0.450. The van der Waals surface area contributed by atoms with Gasteiger partial charge in [0.2, 0.25) is 0 Å². The highest BCUT2D eigenvalue weighted by Gasteiger charge is 2.11. The third-order valence-corrected chi connectivity index (χ3v) is 2.72. The summed E-state index contributed by atoms with van der Waals surface area (Å²) in [7, 11) is 3.28. The Labute approximate surface area is 109 Å². The average Bonchev–Trinajstić information content (AvgIpc) is 2.33. The van der Waals surface area contributed by atoms with Crippen molar-refractivity contribution in [3.63, 3.8) is 0 Å². The summed E-state index contributed by atoms with van der Waals surface area (Å²) in [6.45, 7) is 5.09. The lowest BCUT2D eigenvalue weighted by Crippen LogP contribution is -2.26. The molecule has 0 aliphatic carbocycles. The molecular weight excluding hydrogens is 230 g/mol. The highest BCUT2D eigenvalue weighted by atomic mass is 16.5. The van der Waals surface area contributed by atoms with E-state index in [0.29, 0.717) is 13.0 Å². The number of rotatable bonds is 7. The van der Waals surface area contributed by atoms with Gasteiger partial charge in [0.05, 0.1) is 19.8 Å². The van der Waals surface area contributed by atoms with Crippen molar-refractivity contribution in [2.24, 2.45) is 0 Å². The standard InChI is InChI=1S/C14H23NO3/c1-14(2,16)7-8-15-10-11-5-6-12(17-3)9-13(11)18-4/h5-6,9,15-16H,7-8,10H2,1-4H3. The normalized spacial score (nSPS) is 11.4. The highest BCUT2D eigenvalue weighted by Crippen LogP contribution is 2.24. The van der Waals surface area contributed by atoms with Crippen LogP contribution in [0.4, 0.5) is 0 Å². The molecule has 0 amide bonds. The zero-order chi connectivity index (χ0) is 13.6. The molecule has 1 aromatic carbocycles. The molecular formula is C14H23NO3. The molecule has 0 atom stereocenters. The number of benzene rings is 1. The van der Waals surface area contributed by atoms with Crippen LogP contribution in [0, 0.1) is 0 Å². The second kappa shape index (κ2) is 6.61. The summed E-state index contributed by atoms with van der Waals surface area (Å²) in [6.07, 6.45) is 0.714. The van der Waals surface area contributed by atoms with Crippen LogP contribution in [0.25, 0.3) is 0 Å². The van der Waals surface area contributed by atoms with Gasteiger partial charge in [0.1, 0.15) is 11.5 Å². The molecule has 0 saturated carbocycles. The number of aliphatic hydroxyl groups is 1. The summed E-state index contributed by atoms with van der Waals surface area (Å²) in [6, 6.07) is 5.76. The van der Waals surface area contributed by atoms with Crippen molar-refractivity contribution in [1.29, 1.82) is 0 Å². The lowest BCUT2D eigenvalue weighted by molar-refractivity contribution is 0.0711. The Morgan fingerprint density at radius 3 is 2.50 bits per heavy atom. The van der Waals surface area contributed by atoms with Crippen LogP contribution in [0.3, 0.4) is 0 Å². The SMILES string of the molecule is COc1ccc(CNCCC(C)(C)O)c(OC)c1. The van der Waals surface area contributed by atoms with Crippen LogP contribution in [0.5, 0.6) is 11.5 Å². The molecule has 4 heteroatoms. The Bertz CT molecular complexity index is 372. The maximum atomic E-state index is 9.60. The predicted octanol–water partition coefficient (Wildman–Crippen LogP) is 1.95. The van der Waals surface area contributed by atoms with Gasteiger partial charge >= 0.3 is 0 Å². The van der Waals surface area contributed by atoms with Crippen LogP contribution >= 0.6 is 0 Å². The van der Waals surface area contributed by atoms with E-state index >= 15 is 0 Å². The monoisotopic (exact) mass is 253 g/mol. The van der Waals surface area contributed by atoms with Crippen LogP contribution < -0.4 is 14.8 Å². The van der Waals surface area contributed by atoms with Gasteiger partial charge in [-0.1, -0.05) is 6.07 Å². The first-order chi connectivity index (χ1) is 8.46. The first-order valence-corrected chi connectivity index (χ1v) is 6.10. The molecule has 0 spiro atoms. The summed E-state index contributed by atoms with van der Waals surface area (Å²) >= 11 is 0. The van der Waals surface area contributed by atoms with Crippen LogP contribution in [-0.2, 0) is 6.54 Å². The maximum absolute atomic E-state index is 9.60. The van der Waals surface area contributed by atoms with Crippen LogP contribution in [-0.4, -0.2) is 31.5 Å². The van der Waals surface area contributed by atoms with E-state index in [1.165, 1.54) is 0 Å². The molecule has 4 nitrogen and oxygen atoms in total. The minimum absolute atomic E-state index is 0.628. The van der Waals surface area contributed by atoms with E-state index in [9.17, 15) is 5.11 Å². The highest BCUT2D eigenvalue weighted by molar-refractivity contribution is 5.40. The zero-order valence-electron chi connectivity index (χ0n) is 11.6. The number of hydrogen-bond donors (Lipinski definition) is 2. The van der Waals surface area contributed by atoms with Gasteiger partial charge in [0.15, 0.2) is 0 Å². The quantitative estimate of drug-likeness (QED) is 0.729. The number of hydrogen-bond acceptors (Lipinski definition) is 4. The molecule has 0 heterocycles. The van der Waals surface area contributed by atoms with E-state index < -0.39 is 5.60 Å². The summed E-state index contributed by atoms with van der Waals surface area (Å²) in [5.74, 6) is 1.59. The van der Waals surface area contributed by atoms with Gasteiger partial charge < -0.3 is 19.9 Å². The fourth-order valence-corrected chi connectivity index (χ4v) is 1.62. The van der Waals surface area contributed by atoms with Crippen molar-refractivity contribution in [2.45, 2.75) is 32.4 Å². The number of methoxy groups -OCH3 is 2. The van der Waals surface area contributed by atoms with Crippen molar-refractivity contribution < 1.29 is 14.6 Å². The van der Waals surface area contributed by atoms with Crippen molar-refractivity contribution >= 4 is 0 Å². The Morgan fingerprint density at radius 2 is 1.94 bits per heavy atom. The third-order valence-electron chi connectivity index (χ3n) is 2.72. The van der Waals surface area contributed by atoms with Crippen LogP contribution in [0.1, 0.15) is 25.8 Å². The van der Waals surface area contributed by atoms with Crippen molar-refractivity contribution in [2.75, 3.05) is 20.8 Å². The van der Waals surface area contributed by atoms with E-state index in [4.69, 9.17) is 9.47 Å². The largest absolute Gasteiger partial charge is 0.497 e. The molecule has 102 valence electrons. The second-order valence-corrected chi connectivity index (χ2v) is 4.92. The molecule has 0 aliphatic rings. The Balaban J connectivity index is 2.51. The number of nitrogens with one attached hydrogen (secondary N) is 1. The Kier molecular flexibility index (Phi) is 5.44. The van der Waals surface area contributed by atoms with Gasteiger partial charge in [-0.3, -0.25) is 0 Å². The molecule has 1 aromatic rings. The van der Waals surface area contributed by atoms with E-state index in [1.807, 2.05) is 32.0 Å². The van der Waals surface area contributed by atoms with Gasteiger partial charge in [0.25, 0.3) is 0 Å². The predicted molar refractivity (Wildman–Crippen MR) is 72.2 cm³/mol. The summed E-state index contributed by atoms with van der Waals surface area (Å²) in [5, 5.41) is 12.9. The van der Waals surface area contributed by atoms with Crippen molar-refractivity contribution in [3.05, 3.63) is 23.8 Å². The third kappa shape index (κ3) is 4.94. The topological polar surface area (TPSA) is 50.7 Å². The molecule has 0 bridgehead atoms. The first-order valence-electron chi connectivity index (χ1n) is 6.10. The van der Waals surface area contributed by atoms with Crippen LogP contribution in [0.2, 0.25) is 0 Å². The average molecular weight is 253 g/mol. The fraction of sp³-hybridized carbons (Fsp3) is 0.571. The van der Waals surface area contributed by atoms with Crippen LogP contribution in [0.15, 0.2) is 18.2 Å². The lowest BCUT2D eigenvalue weighted by atomic mass is 10.1. The molecule has 0 fully saturated rings. The van der Waals surface area contributed by atoms with E-state index in [2.05, 4.69) is 5.32 Å². The molecule has 0 unspecified atom stereocenters. The molecule has 2 N–H and O–H groups in total. The van der Waals surface area contributed by atoms with Gasteiger partial charge in [-0.25, -0.2) is 0 Å². The molecule has 1 rings (SSSR count). The van der Waals surface area contributed by atoms with E-state index in [1.54, 1.807) is 14.2 Å². The minimum atomic E-state index is -0.628. The second-order valence-electron chi connectivity index (χ2n) is 4.92. The first kappa shape index (κ1) is 14.8. The molecule has 0 aliphatic heterocycles. The van der Waals surface area contributed by atoms with E-state index in [-0.39, 0.29) is 0 Å². The Morgan fingerprint density at radius 1 is 1.22 bits per heavy atom. The summed E-state index contributed by atoms with van der Waals surface area (Å²) < 4.78 is 10.5. The van der Waals surface area contributed by atoms with Crippen molar-refractivity contribution in [1.82, 2.24) is 5.32 Å². The summed E-state index contributed by atoms with van der Waals surface area (Å²) in [4.78, 5) is 0. The molecule has 18 heavy (non-hydrogen) atoms. The maximum Gasteiger partial charge on any atom is 0.127 e. The van der Waals surface area contributed by atoms with Gasteiger partial charge in [-0.2, -0.15) is 0 Å². The van der Waals surface area contributed by atoms with Gasteiger partial charge in [-0.15, -0.1) is 0 Å². The van der Waals surface area contributed by atoms with E-state index in [0.717, 1.165) is 23.6 Å². The minimum Gasteiger partial charge on any atom is -0.497 e.